The van der Waals surface area contributed by atoms with Gasteiger partial charge in [0.1, 0.15) is 29.9 Å². The number of carbonyl (C=O) groups excluding carboxylic acids is 2. The molecule has 1 aromatic heterocycles. The number of nitrogens with two attached hydrogens (primary N) is 1. The number of allylic oxidation sites excluding steroid dienone is 1. The van der Waals surface area contributed by atoms with E-state index in [4.69, 9.17) is 10.6 Å². The van der Waals surface area contributed by atoms with Crippen molar-refractivity contribution in [2.24, 2.45) is 15.2 Å². The maximum absolute atomic E-state index is 13.0. The second-order valence-electron chi connectivity index (χ2n) is 7.85. The largest absolute Gasteiger partial charge is 0.477 e. The Hall–Kier alpha value is -3.02. The first-order chi connectivity index (χ1) is 17.8. The van der Waals surface area contributed by atoms with Gasteiger partial charge in [-0.2, -0.15) is 5.10 Å². The van der Waals surface area contributed by atoms with E-state index in [2.05, 4.69) is 25.6 Å². The molecule has 0 aliphatic carbocycles. The van der Waals surface area contributed by atoms with Gasteiger partial charge in [0.2, 0.25) is 0 Å². The van der Waals surface area contributed by atoms with Gasteiger partial charge in [-0.25, -0.2) is 14.8 Å². The van der Waals surface area contributed by atoms with Crippen LogP contribution < -0.4 is 11.1 Å². The molecule has 5 heterocycles. The molecule has 1 saturated heterocycles. The first-order valence-electron chi connectivity index (χ1n) is 10.7. The van der Waals surface area contributed by atoms with Gasteiger partial charge >= 0.3 is 5.97 Å². The highest BCUT2D eigenvalue weighted by Crippen LogP contribution is 2.42. The fraction of sp³-hybridized carbons (Fsp3) is 0.350. The topological polar surface area (TPSA) is 175 Å². The Bertz CT molecular complexity index is 1340. The molecule has 37 heavy (non-hydrogen) atoms. The first kappa shape index (κ1) is 25.6. The van der Waals surface area contributed by atoms with E-state index in [0.717, 1.165) is 26.6 Å². The number of nitrogen functional groups attached to an aromatic ring is 1. The van der Waals surface area contributed by atoms with Crippen molar-refractivity contribution in [1.29, 1.82) is 0 Å². The van der Waals surface area contributed by atoms with Crippen LogP contribution in [0.3, 0.4) is 0 Å². The number of aliphatic imine (C=N–C) groups is 1. The number of hydrogen-bond acceptors (Lipinski definition) is 14. The molecule has 17 heteroatoms. The summed E-state index contributed by atoms with van der Waals surface area (Å²) in [5, 5.41) is 24.6. The minimum atomic E-state index is -1.19. The highest BCUT2D eigenvalue weighted by atomic mass is 32.2. The molecule has 194 valence electrons. The van der Waals surface area contributed by atoms with Gasteiger partial charge in [0, 0.05) is 22.6 Å². The highest BCUT2D eigenvalue weighted by Gasteiger charge is 2.54. The molecule has 0 radical (unpaired) electrons. The number of thiazole rings is 1. The molecule has 4 aliphatic heterocycles. The molecule has 2 atom stereocenters. The van der Waals surface area contributed by atoms with Crippen molar-refractivity contribution in [3.63, 3.8) is 0 Å². The van der Waals surface area contributed by atoms with Crippen LogP contribution in [0.2, 0.25) is 0 Å². The number of oxime groups is 1. The summed E-state index contributed by atoms with van der Waals surface area (Å²) in [6.07, 6.45) is 1.98. The summed E-state index contributed by atoms with van der Waals surface area (Å²) in [6, 6.07) is -0.919. The van der Waals surface area contributed by atoms with Crippen LogP contribution in [-0.2, 0) is 19.2 Å². The third-order valence-corrected chi connectivity index (χ3v) is 9.74. The number of aliphatic carboxylic acids is 1. The van der Waals surface area contributed by atoms with Gasteiger partial charge in [0.05, 0.1) is 6.54 Å². The minimum Gasteiger partial charge on any atom is -0.477 e. The maximum Gasteiger partial charge on any atom is 0.352 e. The van der Waals surface area contributed by atoms with Crippen LogP contribution in [0.4, 0.5) is 5.13 Å². The number of carboxylic acids is 1. The van der Waals surface area contributed by atoms with E-state index in [-0.39, 0.29) is 22.2 Å². The molecule has 1 fully saturated rings. The van der Waals surface area contributed by atoms with Crippen molar-refractivity contribution in [2.75, 3.05) is 30.9 Å². The fourth-order valence-electron chi connectivity index (χ4n) is 3.84. The predicted octanol–water partition coefficient (Wildman–Crippen LogP) is 1.14. The van der Waals surface area contributed by atoms with Crippen molar-refractivity contribution in [2.45, 2.75) is 18.3 Å². The van der Waals surface area contributed by atoms with E-state index in [1.165, 1.54) is 47.3 Å². The molecule has 0 spiro atoms. The van der Waals surface area contributed by atoms with Gasteiger partial charge in [0.15, 0.2) is 20.4 Å². The molecular weight excluding hydrogens is 561 g/mol. The standard InChI is InChI=1S/C20H20N8O5S4/c1-8-3-4-22-19-28(8)25-20(37-19)36-6-9-5-34-16-12(15(30)27(16)13(9)17(31)32)24-14(29)11(26-33-2)10-7-35-18(21)23-10/h3,7,12,16H,4-6H2,1-2H3,(H2,21,23)(H,24,29)(H,31,32)/t12-,16-/m1/s1. The Morgan fingerprint density at radius 3 is 2.92 bits per heavy atom. The average Bonchev–Trinajstić information content (AvgIpc) is 3.50. The van der Waals surface area contributed by atoms with Crippen molar-refractivity contribution in [3.05, 3.63) is 34.1 Å². The van der Waals surface area contributed by atoms with E-state index in [1.807, 2.05) is 13.0 Å². The Kier molecular flexibility index (Phi) is 7.19. The normalized spacial score (nSPS) is 23.0. The lowest BCUT2D eigenvalue weighted by Gasteiger charge is -2.49. The number of hydrogen-bond donors (Lipinski definition) is 3. The number of amidine groups is 1. The Balaban J connectivity index is 1.28. The molecule has 5 rings (SSSR count). The molecule has 4 N–H and O–H groups in total. The number of hydrazone groups is 1. The summed E-state index contributed by atoms with van der Waals surface area (Å²) in [5.74, 6) is -1.64. The highest BCUT2D eigenvalue weighted by molar-refractivity contribution is 8.45. The second-order valence-corrected chi connectivity index (χ2v) is 12.0. The number of carboxylic acid groups (broad SMARTS) is 1. The summed E-state index contributed by atoms with van der Waals surface area (Å²) in [6.45, 7) is 2.56. The van der Waals surface area contributed by atoms with Crippen LogP contribution in [0, 0.1) is 0 Å². The van der Waals surface area contributed by atoms with Crippen LogP contribution in [0.25, 0.3) is 0 Å². The lowest BCUT2D eigenvalue weighted by molar-refractivity contribution is -0.150. The van der Waals surface area contributed by atoms with E-state index < -0.39 is 29.2 Å². The third kappa shape index (κ3) is 4.83. The SMILES string of the molecule is CON=C(C(=O)N[C@@H]1C(=O)N2C(C(=O)O)=C(CSC3=NN4C(C)=CCN=C4S3)CS[C@H]12)c1csc(N)n1. The van der Waals surface area contributed by atoms with Gasteiger partial charge in [-0.1, -0.05) is 16.9 Å². The molecule has 0 saturated carbocycles. The zero-order chi connectivity index (χ0) is 26.3. The van der Waals surface area contributed by atoms with E-state index in [1.54, 1.807) is 10.4 Å². The molecule has 0 bridgehead atoms. The van der Waals surface area contributed by atoms with Gasteiger partial charge < -0.3 is 21.0 Å². The fourth-order valence-corrected chi connectivity index (χ4v) is 7.86. The molecule has 1 aromatic rings. The van der Waals surface area contributed by atoms with Crippen LogP contribution in [0.15, 0.2) is 43.7 Å². The van der Waals surface area contributed by atoms with Crippen molar-refractivity contribution < 1.29 is 24.3 Å². The number of amides is 2. The lowest BCUT2D eigenvalue weighted by Crippen LogP contribution is -2.71. The number of fused-ring (bicyclic) bond motifs is 2. The summed E-state index contributed by atoms with van der Waals surface area (Å²) in [4.78, 5) is 52.5. The van der Waals surface area contributed by atoms with Crippen molar-refractivity contribution in [1.82, 2.24) is 20.2 Å². The Labute approximate surface area is 227 Å². The van der Waals surface area contributed by atoms with Crippen LogP contribution in [-0.4, -0.2) is 89.6 Å². The lowest BCUT2D eigenvalue weighted by atomic mass is 10.0. The number of β-lactam (4-membered cyclic amide) rings is 1. The number of anilines is 1. The molecule has 13 nitrogen and oxygen atoms in total. The predicted molar refractivity (Wildman–Crippen MR) is 145 cm³/mol. The zero-order valence-corrected chi connectivity index (χ0v) is 22.7. The molecular formula is C20H20N8O5S4. The Morgan fingerprint density at radius 1 is 1.43 bits per heavy atom. The molecule has 2 amide bonds. The smallest absolute Gasteiger partial charge is 0.352 e. The third-order valence-electron chi connectivity index (χ3n) is 5.56. The zero-order valence-electron chi connectivity index (χ0n) is 19.4. The molecule has 0 aromatic carbocycles. The summed E-state index contributed by atoms with van der Waals surface area (Å²) < 4.78 is 0.755. The van der Waals surface area contributed by atoms with Crippen LogP contribution in [0.5, 0.6) is 0 Å². The maximum atomic E-state index is 13.0. The van der Waals surface area contributed by atoms with Crippen molar-refractivity contribution >= 4 is 84.8 Å². The monoisotopic (exact) mass is 580 g/mol. The van der Waals surface area contributed by atoms with Gasteiger partial charge in [-0.05, 0) is 30.3 Å². The molecule has 4 aliphatic rings. The molecule has 0 unspecified atom stereocenters. The number of nitrogens with zero attached hydrogens (tertiary/aromatic N) is 6. The van der Waals surface area contributed by atoms with Gasteiger partial charge in [0.25, 0.3) is 11.8 Å². The van der Waals surface area contributed by atoms with E-state index >= 15 is 0 Å². The number of rotatable bonds is 7. The van der Waals surface area contributed by atoms with E-state index in [0.29, 0.717) is 23.6 Å². The second kappa shape index (κ2) is 10.4. The number of nitrogens with one attached hydrogen (secondary N) is 1. The Morgan fingerprint density at radius 2 is 2.24 bits per heavy atom. The quantitative estimate of drug-likeness (QED) is 0.240. The first-order valence-corrected chi connectivity index (χ1v) is 14.5. The number of carbonyl (C=O) groups is 3. The summed E-state index contributed by atoms with van der Waals surface area (Å²) in [5.41, 5.74) is 7.28. The minimum absolute atomic E-state index is 0.0560. The number of aromatic nitrogens is 1. The van der Waals surface area contributed by atoms with Crippen molar-refractivity contribution in [3.8, 4) is 0 Å². The van der Waals surface area contributed by atoms with E-state index in [9.17, 15) is 19.5 Å². The van der Waals surface area contributed by atoms with Crippen LogP contribution in [0.1, 0.15) is 12.6 Å². The average molecular weight is 581 g/mol. The van der Waals surface area contributed by atoms with Gasteiger partial charge in [-0.3, -0.25) is 19.5 Å². The summed E-state index contributed by atoms with van der Waals surface area (Å²) in [7, 11) is 1.28. The summed E-state index contributed by atoms with van der Waals surface area (Å²) >= 11 is 5.36. The van der Waals surface area contributed by atoms with Gasteiger partial charge in [-0.15, -0.1) is 23.1 Å². The number of thioether (sulfide) groups is 3. The van der Waals surface area contributed by atoms with Crippen LogP contribution >= 0.6 is 46.6 Å².